The van der Waals surface area contributed by atoms with Gasteiger partial charge in [0.05, 0.1) is 6.54 Å². The van der Waals surface area contributed by atoms with Gasteiger partial charge in [-0.15, -0.1) is 0 Å². The maximum Gasteiger partial charge on any atom is 0.387 e. The van der Waals surface area contributed by atoms with Crippen LogP contribution < -0.4 is 19.5 Å². The van der Waals surface area contributed by atoms with Crippen LogP contribution in [0.4, 0.5) is 14.5 Å². The fourth-order valence-corrected chi connectivity index (χ4v) is 2.73. The molecule has 144 valence electrons. The standard InChI is InChI=1S/C19H20F2N2O4/c1-23(10-15-12-25-16-4-2-3-5-17(16)26-15)11-18(24)22-13-6-8-14(9-7-13)27-19(20)21/h2-9,15,19H,10-12H2,1H3,(H,22,24)/t15-/m0/s1. The summed E-state index contributed by atoms with van der Waals surface area (Å²) in [6.07, 6.45) is -0.177. The molecule has 1 amide bonds. The van der Waals surface area contributed by atoms with E-state index in [1.807, 2.05) is 36.2 Å². The molecular formula is C19H20F2N2O4. The van der Waals surface area contributed by atoms with Gasteiger partial charge in [-0.25, -0.2) is 0 Å². The molecule has 1 N–H and O–H groups in total. The van der Waals surface area contributed by atoms with Gasteiger partial charge in [-0.1, -0.05) is 12.1 Å². The van der Waals surface area contributed by atoms with Gasteiger partial charge in [-0.3, -0.25) is 9.69 Å². The molecule has 0 spiro atoms. The molecule has 0 fully saturated rings. The van der Waals surface area contributed by atoms with E-state index in [0.717, 1.165) is 0 Å². The van der Waals surface area contributed by atoms with Crippen LogP contribution >= 0.6 is 0 Å². The van der Waals surface area contributed by atoms with Gasteiger partial charge in [0.15, 0.2) is 11.5 Å². The van der Waals surface area contributed by atoms with Crippen LogP contribution in [0.5, 0.6) is 17.2 Å². The predicted molar refractivity (Wildman–Crippen MR) is 95.6 cm³/mol. The first-order valence-electron chi connectivity index (χ1n) is 8.41. The molecule has 6 nitrogen and oxygen atoms in total. The molecule has 0 unspecified atom stereocenters. The second-order valence-corrected chi connectivity index (χ2v) is 6.15. The maximum atomic E-state index is 12.1. The summed E-state index contributed by atoms with van der Waals surface area (Å²) in [6.45, 7) is -1.80. The Kier molecular flexibility index (Phi) is 6.08. The van der Waals surface area contributed by atoms with Gasteiger partial charge in [0.1, 0.15) is 18.5 Å². The third-order valence-electron chi connectivity index (χ3n) is 3.86. The van der Waals surface area contributed by atoms with Crippen LogP contribution in [0.1, 0.15) is 0 Å². The first-order chi connectivity index (χ1) is 13.0. The summed E-state index contributed by atoms with van der Waals surface area (Å²) in [7, 11) is 1.81. The zero-order chi connectivity index (χ0) is 19.2. The molecule has 0 radical (unpaired) electrons. The van der Waals surface area contributed by atoms with E-state index in [1.54, 1.807) is 0 Å². The number of likely N-dealkylation sites (N-methyl/N-ethyl adjacent to an activating group) is 1. The van der Waals surface area contributed by atoms with Crippen LogP contribution in [-0.4, -0.2) is 50.3 Å². The average molecular weight is 378 g/mol. The van der Waals surface area contributed by atoms with Crippen LogP contribution in [0.2, 0.25) is 0 Å². The van der Waals surface area contributed by atoms with Gasteiger partial charge in [0.2, 0.25) is 5.91 Å². The molecule has 0 aliphatic carbocycles. The average Bonchev–Trinajstić information content (AvgIpc) is 2.62. The number of nitrogens with zero attached hydrogens (tertiary/aromatic N) is 1. The second kappa shape index (κ2) is 8.68. The number of benzene rings is 2. The van der Waals surface area contributed by atoms with E-state index < -0.39 is 6.61 Å². The normalized spacial score (nSPS) is 15.7. The number of carbonyl (C=O) groups is 1. The Morgan fingerprint density at radius 3 is 2.63 bits per heavy atom. The number of halogens is 2. The van der Waals surface area contributed by atoms with Gasteiger partial charge < -0.3 is 19.5 Å². The summed E-state index contributed by atoms with van der Waals surface area (Å²) >= 11 is 0. The smallest absolute Gasteiger partial charge is 0.387 e. The van der Waals surface area contributed by atoms with Crippen molar-refractivity contribution in [2.45, 2.75) is 12.7 Å². The van der Waals surface area contributed by atoms with Crippen molar-refractivity contribution in [1.29, 1.82) is 0 Å². The summed E-state index contributed by atoms with van der Waals surface area (Å²) in [4.78, 5) is 14.0. The van der Waals surface area contributed by atoms with Crippen LogP contribution in [0.25, 0.3) is 0 Å². The Morgan fingerprint density at radius 2 is 1.93 bits per heavy atom. The van der Waals surface area contributed by atoms with E-state index in [0.29, 0.717) is 30.3 Å². The first-order valence-corrected chi connectivity index (χ1v) is 8.41. The minimum atomic E-state index is -2.88. The quantitative estimate of drug-likeness (QED) is 0.803. The Hall–Kier alpha value is -2.87. The minimum Gasteiger partial charge on any atom is -0.486 e. The lowest BCUT2D eigenvalue weighted by Gasteiger charge is -2.29. The van der Waals surface area contributed by atoms with Crippen LogP contribution in [0, 0.1) is 0 Å². The molecule has 1 aliphatic heterocycles. The highest BCUT2D eigenvalue weighted by atomic mass is 19.3. The van der Waals surface area contributed by atoms with Crippen LogP contribution in [0.3, 0.4) is 0 Å². The molecule has 27 heavy (non-hydrogen) atoms. The molecule has 1 aliphatic rings. The molecule has 1 atom stereocenters. The highest BCUT2D eigenvalue weighted by Gasteiger charge is 2.22. The third-order valence-corrected chi connectivity index (χ3v) is 3.86. The zero-order valence-electron chi connectivity index (χ0n) is 14.7. The minimum absolute atomic E-state index is 0.0369. The summed E-state index contributed by atoms with van der Waals surface area (Å²) in [5.41, 5.74) is 0.501. The molecular weight excluding hydrogens is 358 g/mol. The molecule has 2 aromatic rings. The van der Waals surface area contributed by atoms with Gasteiger partial charge in [0.25, 0.3) is 0 Å². The van der Waals surface area contributed by atoms with Crippen molar-refractivity contribution in [3.8, 4) is 17.2 Å². The predicted octanol–water partition coefficient (Wildman–Crippen LogP) is 3.00. The Balaban J connectivity index is 1.45. The van der Waals surface area contributed by atoms with Gasteiger partial charge in [-0.05, 0) is 43.4 Å². The Bertz CT molecular complexity index is 771. The summed E-state index contributed by atoms with van der Waals surface area (Å²) < 4.78 is 40.1. The number of anilines is 1. The van der Waals surface area contributed by atoms with Crippen molar-refractivity contribution >= 4 is 11.6 Å². The van der Waals surface area contributed by atoms with Crippen molar-refractivity contribution in [1.82, 2.24) is 4.90 Å². The van der Waals surface area contributed by atoms with Crippen molar-refractivity contribution in [2.24, 2.45) is 0 Å². The number of hydrogen-bond donors (Lipinski definition) is 1. The molecule has 3 rings (SSSR count). The molecule has 2 aromatic carbocycles. The van der Waals surface area contributed by atoms with E-state index in [1.165, 1.54) is 24.3 Å². The highest BCUT2D eigenvalue weighted by molar-refractivity contribution is 5.92. The Morgan fingerprint density at radius 1 is 1.22 bits per heavy atom. The number of hydrogen-bond acceptors (Lipinski definition) is 5. The summed E-state index contributed by atoms with van der Waals surface area (Å²) in [6, 6.07) is 13.2. The fraction of sp³-hybridized carbons (Fsp3) is 0.316. The molecule has 1 heterocycles. The van der Waals surface area contributed by atoms with Crippen LogP contribution in [-0.2, 0) is 4.79 Å². The SMILES string of the molecule is CN(CC(=O)Nc1ccc(OC(F)F)cc1)C[C@H]1COc2ccccc2O1. The highest BCUT2D eigenvalue weighted by Crippen LogP contribution is 2.30. The lowest BCUT2D eigenvalue weighted by molar-refractivity contribution is -0.117. The van der Waals surface area contributed by atoms with Gasteiger partial charge in [0, 0.05) is 12.2 Å². The van der Waals surface area contributed by atoms with E-state index in [-0.39, 0.29) is 24.3 Å². The number of ether oxygens (including phenoxy) is 3. The van der Waals surface area contributed by atoms with Gasteiger partial charge >= 0.3 is 6.61 Å². The first kappa shape index (κ1) is 18.9. The Labute approximate surface area is 155 Å². The molecule has 0 saturated carbocycles. The molecule has 0 saturated heterocycles. The van der Waals surface area contributed by atoms with Gasteiger partial charge in [-0.2, -0.15) is 8.78 Å². The fourth-order valence-electron chi connectivity index (χ4n) is 2.73. The number of fused-ring (bicyclic) bond motifs is 1. The van der Waals surface area contributed by atoms with E-state index in [2.05, 4.69) is 10.1 Å². The molecule has 0 bridgehead atoms. The van der Waals surface area contributed by atoms with E-state index in [4.69, 9.17) is 9.47 Å². The third kappa shape index (κ3) is 5.55. The van der Waals surface area contributed by atoms with Crippen molar-refractivity contribution in [3.05, 3.63) is 48.5 Å². The van der Waals surface area contributed by atoms with Crippen LogP contribution in [0.15, 0.2) is 48.5 Å². The number of rotatable bonds is 7. The number of amides is 1. The van der Waals surface area contributed by atoms with E-state index in [9.17, 15) is 13.6 Å². The second-order valence-electron chi connectivity index (χ2n) is 6.15. The van der Waals surface area contributed by atoms with E-state index >= 15 is 0 Å². The van der Waals surface area contributed by atoms with Crippen molar-refractivity contribution in [2.75, 3.05) is 32.1 Å². The topological polar surface area (TPSA) is 60.0 Å². The summed E-state index contributed by atoms with van der Waals surface area (Å²) in [5, 5.41) is 2.71. The van der Waals surface area contributed by atoms with Crippen molar-refractivity contribution in [3.63, 3.8) is 0 Å². The molecule has 0 aromatic heterocycles. The maximum absolute atomic E-state index is 12.1. The number of para-hydroxylation sites is 2. The molecule has 8 heteroatoms. The monoisotopic (exact) mass is 378 g/mol. The zero-order valence-corrected chi connectivity index (χ0v) is 14.7. The summed E-state index contributed by atoms with van der Waals surface area (Å²) in [5.74, 6) is 1.22. The van der Waals surface area contributed by atoms with Crippen molar-refractivity contribution < 1.29 is 27.8 Å². The number of carbonyl (C=O) groups excluding carboxylic acids is 1. The number of nitrogens with one attached hydrogen (secondary N) is 1. The largest absolute Gasteiger partial charge is 0.486 e. The lowest BCUT2D eigenvalue weighted by atomic mass is 10.2. The lowest BCUT2D eigenvalue weighted by Crippen LogP contribution is -2.42. The number of alkyl halides is 2.